The van der Waals surface area contributed by atoms with E-state index in [4.69, 9.17) is 0 Å². The highest BCUT2D eigenvalue weighted by molar-refractivity contribution is 5.81. The van der Waals surface area contributed by atoms with Gasteiger partial charge >= 0.3 is 0 Å². The molecule has 3 nitrogen and oxygen atoms in total. The van der Waals surface area contributed by atoms with Crippen molar-refractivity contribution in [3.8, 4) is 0 Å². The minimum absolute atomic E-state index is 0. The van der Waals surface area contributed by atoms with Crippen LogP contribution in [0, 0.1) is 11.8 Å². The monoisotopic (exact) mass is 186 g/mol. The minimum Gasteiger partial charge on any atom is -0.353 e. The van der Waals surface area contributed by atoms with Crippen LogP contribution in [0.4, 0.5) is 0 Å². The number of carbonyl (C=O) groups is 1. The molecule has 2 atom stereocenters. The quantitative estimate of drug-likeness (QED) is 0.712. The number of amides is 1. The fourth-order valence-electron chi connectivity index (χ4n) is 1.81. The summed E-state index contributed by atoms with van der Waals surface area (Å²) in [7, 11) is 4.02. The Hall–Kier alpha value is -0.570. The predicted molar refractivity (Wildman–Crippen MR) is 55.5 cm³/mol. The van der Waals surface area contributed by atoms with Gasteiger partial charge in [0.05, 0.1) is 5.92 Å². The molecule has 0 radical (unpaired) electrons. The summed E-state index contributed by atoms with van der Waals surface area (Å²) in [5.74, 6) is 0.978. The second kappa shape index (κ2) is 4.09. The SMILES string of the molecule is CC(C)C1CC(CN(C)C)C(=O)N1.[HH]. The van der Waals surface area contributed by atoms with Gasteiger partial charge in [0.2, 0.25) is 5.91 Å². The molecule has 13 heavy (non-hydrogen) atoms. The van der Waals surface area contributed by atoms with Crippen molar-refractivity contribution >= 4 is 5.91 Å². The van der Waals surface area contributed by atoms with Crippen LogP contribution in [0.15, 0.2) is 0 Å². The van der Waals surface area contributed by atoms with Crippen LogP contribution in [-0.2, 0) is 4.79 Å². The average molecular weight is 186 g/mol. The van der Waals surface area contributed by atoms with E-state index >= 15 is 0 Å². The van der Waals surface area contributed by atoms with Crippen molar-refractivity contribution in [1.82, 2.24) is 10.2 Å². The van der Waals surface area contributed by atoms with Gasteiger partial charge in [-0.15, -0.1) is 0 Å². The summed E-state index contributed by atoms with van der Waals surface area (Å²) in [6.07, 6.45) is 0.995. The first-order valence-corrected chi connectivity index (χ1v) is 4.95. The van der Waals surface area contributed by atoms with Gasteiger partial charge < -0.3 is 10.2 Å². The predicted octanol–water partition coefficient (Wildman–Crippen LogP) is 0.955. The Morgan fingerprint density at radius 3 is 2.62 bits per heavy atom. The molecule has 1 rings (SSSR count). The van der Waals surface area contributed by atoms with Crippen LogP contribution in [0.3, 0.4) is 0 Å². The minimum atomic E-state index is 0. The number of rotatable bonds is 3. The number of nitrogens with one attached hydrogen (secondary N) is 1. The smallest absolute Gasteiger partial charge is 0.224 e. The third-order valence-corrected chi connectivity index (χ3v) is 2.63. The summed E-state index contributed by atoms with van der Waals surface area (Å²) >= 11 is 0. The van der Waals surface area contributed by atoms with E-state index in [0.29, 0.717) is 12.0 Å². The van der Waals surface area contributed by atoms with E-state index in [1.165, 1.54) is 0 Å². The van der Waals surface area contributed by atoms with Crippen LogP contribution in [0.1, 0.15) is 21.7 Å². The maximum atomic E-state index is 11.5. The second-order valence-electron chi connectivity index (χ2n) is 4.55. The molecule has 78 valence electrons. The fourth-order valence-corrected chi connectivity index (χ4v) is 1.81. The zero-order valence-corrected chi connectivity index (χ0v) is 9.00. The summed E-state index contributed by atoms with van der Waals surface area (Å²) in [5.41, 5.74) is 0. The van der Waals surface area contributed by atoms with Gasteiger partial charge in [0.1, 0.15) is 0 Å². The normalized spacial score (nSPS) is 28.6. The maximum absolute atomic E-state index is 11.5. The molecule has 1 fully saturated rings. The van der Waals surface area contributed by atoms with Crippen LogP contribution in [-0.4, -0.2) is 37.5 Å². The molecule has 0 aromatic rings. The molecule has 0 aliphatic carbocycles. The lowest BCUT2D eigenvalue weighted by atomic mass is 9.97. The van der Waals surface area contributed by atoms with E-state index in [0.717, 1.165) is 13.0 Å². The van der Waals surface area contributed by atoms with Gasteiger partial charge in [-0.3, -0.25) is 4.79 Å². The molecule has 3 heteroatoms. The zero-order chi connectivity index (χ0) is 10.0. The van der Waals surface area contributed by atoms with E-state index in [2.05, 4.69) is 24.1 Å². The van der Waals surface area contributed by atoms with Gasteiger partial charge in [0.15, 0.2) is 0 Å². The van der Waals surface area contributed by atoms with Crippen molar-refractivity contribution in [2.45, 2.75) is 26.3 Å². The highest BCUT2D eigenvalue weighted by Gasteiger charge is 2.33. The Labute approximate surface area is 82.0 Å². The molecule has 1 saturated heterocycles. The molecule has 1 N–H and O–H groups in total. The largest absolute Gasteiger partial charge is 0.353 e. The first kappa shape index (κ1) is 10.5. The molecule has 0 bridgehead atoms. The van der Waals surface area contributed by atoms with Gasteiger partial charge in [0.25, 0.3) is 0 Å². The Morgan fingerprint density at radius 2 is 2.23 bits per heavy atom. The molecule has 1 heterocycles. The van der Waals surface area contributed by atoms with Crippen molar-refractivity contribution in [3.63, 3.8) is 0 Å². The van der Waals surface area contributed by atoms with Gasteiger partial charge in [0, 0.05) is 14.0 Å². The van der Waals surface area contributed by atoms with Gasteiger partial charge in [-0.25, -0.2) is 0 Å². The summed E-state index contributed by atoms with van der Waals surface area (Å²) < 4.78 is 0. The van der Waals surface area contributed by atoms with Gasteiger partial charge in [-0.1, -0.05) is 13.8 Å². The Kier molecular flexibility index (Phi) is 3.31. The van der Waals surface area contributed by atoms with Crippen molar-refractivity contribution in [1.29, 1.82) is 0 Å². The molecule has 0 aromatic carbocycles. The van der Waals surface area contributed by atoms with Crippen molar-refractivity contribution < 1.29 is 6.22 Å². The lowest BCUT2D eigenvalue weighted by molar-refractivity contribution is -0.123. The molecule has 0 saturated carbocycles. The fraction of sp³-hybridized carbons (Fsp3) is 0.900. The number of hydrogen-bond donors (Lipinski definition) is 1. The topological polar surface area (TPSA) is 32.3 Å². The summed E-state index contributed by atoms with van der Waals surface area (Å²) in [6, 6.07) is 0.387. The standard InChI is InChI=1S/C10H20N2O.H2/c1-7(2)9-5-8(6-12(3)4)10(13)11-9;/h7-9H,5-6H2,1-4H3,(H,11,13);1H. The first-order valence-electron chi connectivity index (χ1n) is 4.95. The van der Waals surface area contributed by atoms with E-state index in [9.17, 15) is 4.79 Å². The highest BCUT2D eigenvalue weighted by atomic mass is 16.2. The molecule has 0 aromatic heterocycles. The maximum Gasteiger partial charge on any atom is 0.224 e. The van der Waals surface area contributed by atoms with Crippen molar-refractivity contribution in [2.75, 3.05) is 20.6 Å². The molecular formula is C10H22N2O. The highest BCUT2D eigenvalue weighted by Crippen LogP contribution is 2.21. The Bertz CT molecular complexity index is 195. The summed E-state index contributed by atoms with van der Waals surface area (Å²) in [6.45, 7) is 5.18. The van der Waals surface area contributed by atoms with E-state index in [-0.39, 0.29) is 13.3 Å². The summed E-state index contributed by atoms with van der Waals surface area (Å²) in [5, 5.41) is 3.04. The third-order valence-electron chi connectivity index (χ3n) is 2.63. The molecular weight excluding hydrogens is 164 g/mol. The van der Waals surface area contributed by atoms with Gasteiger partial charge in [-0.05, 0) is 26.4 Å². The van der Waals surface area contributed by atoms with Crippen LogP contribution < -0.4 is 5.32 Å². The van der Waals surface area contributed by atoms with Crippen molar-refractivity contribution in [2.24, 2.45) is 11.8 Å². The lowest BCUT2D eigenvalue weighted by Crippen LogP contribution is -2.31. The van der Waals surface area contributed by atoms with Crippen LogP contribution in [0.5, 0.6) is 0 Å². The Morgan fingerprint density at radius 1 is 1.62 bits per heavy atom. The number of hydrogen-bond acceptors (Lipinski definition) is 2. The molecule has 2 unspecified atom stereocenters. The average Bonchev–Trinajstić information content (AvgIpc) is 2.31. The van der Waals surface area contributed by atoms with Gasteiger partial charge in [-0.2, -0.15) is 0 Å². The zero-order valence-electron chi connectivity index (χ0n) is 9.00. The molecule has 1 amide bonds. The van der Waals surface area contributed by atoms with E-state index in [1.54, 1.807) is 0 Å². The second-order valence-corrected chi connectivity index (χ2v) is 4.55. The lowest BCUT2D eigenvalue weighted by Gasteiger charge is -2.15. The molecule has 1 aliphatic rings. The number of nitrogens with zero attached hydrogens (tertiary/aromatic N) is 1. The molecule has 0 spiro atoms. The number of carbonyl (C=O) groups excluding carboxylic acids is 1. The van der Waals surface area contributed by atoms with Crippen LogP contribution in [0.25, 0.3) is 0 Å². The van der Waals surface area contributed by atoms with E-state index in [1.807, 2.05) is 14.1 Å². The molecule has 1 aliphatic heterocycles. The Balaban J connectivity index is 0.00000169. The van der Waals surface area contributed by atoms with Crippen molar-refractivity contribution in [3.05, 3.63) is 0 Å². The van der Waals surface area contributed by atoms with Crippen LogP contribution in [0.2, 0.25) is 0 Å². The first-order chi connectivity index (χ1) is 6.00. The van der Waals surface area contributed by atoms with Crippen LogP contribution >= 0.6 is 0 Å². The third kappa shape index (κ3) is 2.69. The summed E-state index contributed by atoms with van der Waals surface area (Å²) in [4.78, 5) is 13.6. The van der Waals surface area contributed by atoms with E-state index < -0.39 is 0 Å².